The molecule has 8 heteroatoms. The Balaban J connectivity index is 2.03. The predicted molar refractivity (Wildman–Crippen MR) is 117 cm³/mol. The SMILES string of the molecule is COc1cc(CO)c(C2=CCN(C)CC2)c(O)c1C(=O)C=Cc1cccc([N+](=O)[O-])c1. The van der Waals surface area contributed by atoms with Crippen LogP contribution in [0.15, 0.2) is 42.5 Å². The van der Waals surface area contributed by atoms with Gasteiger partial charge in [0.1, 0.15) is 17.1 Å². The first-order chi connectivity index (χ1) is 14.8. The lowest BCUT2D eigenvalue weighted by Crippen LogP contribution is -2.24. The summed E-state index contributed by atoms with van der Waals surface area (Å²) in [6.07, 6.45) is 5.32. The van der Waals surface area contributed by atoms with Gasteiger partial charge in [0.05, 0.1) is 18.6 Å². The Morgan fingerprint density at radius 2 is 2.13 bits per heavy atom. The summed E-state index contributed by atoms with van der Waals surface area (Å²) < 4.78 is 5.31. The zero-order chi connectivity index (χ0) is 22.5. The average Bonchev–Trinajstić information content (AvgIpc) is 2.77. The number of carbonyl (C=O) groups excluding carboxylic acids is 1. The maximum absolute atomic E-state index is 13.0. The van der Waals surface area contributed by atoms with E-state index in [2.05, 4.69) is 4.90 Å². The van der Waals surface area contributed by atoms with E-state index in [0.717, 1.165) is 12.1 Å². The summed E-state index contributed by atoms with van der Waals surface area (Å²) in [7, 11) is 3.37. The van der Waals surface area contributed by atoms with Crippen LogP contribution in [-0.2, 0) is 6.61 Å². The molecule has 162 valence electrons. The molecule has 2 aromatic rings. The van der Waals surface area contributed by atoms with Crippen molar-refractivity contribution in [1.82, 2.24) is 4.90 Å². The number of benzene rings is 2. The van der Waals surface area contributed by atoms with Gasteiger partial charge in [-0.15, -0.1) is 0 Å². The van der Waals surface area contributed by atoms with Crippen LogP contribution in [0, 0.1) is 10.1 Å². The number of non-ortho nitro benzene ring substituents is 1. The molecule has 0 saturated heterocycles. The molecule has 1 aliphatic heterocycles. The van der Waals surface area contributed by atoms with Gasteiger partial charge in [-0.2, -0.15) is 0 Å². The van der Waals surface area contributed by atoms with E-state index in [1.807, 2.05) is 13.1 Å². The number of nitro benzene ring substituents is 1. The summed E-state index contributed by atoms with van der Waals surface area (Å²) in [6, 6.07) is 7.44. The average molecular weight is 424 g/mol. The van der Waals surface area contributed by atoms with Gasteiger partial charge in [0, 0.05) is 30.8 Å². The molecule has 0 amide bonds. The van der Waals surface area contributed by atoms with E-state index in [1.54, 1.807) is 12.1 Å². The molecule has 2 N–H and O–H groups in total. The number of methoxy groups -OCH3 is 1. The van der Waals surface area contributed by atoms with Crippen LogP contribution in [0.25, 0.3) is 11.6 Å². The lowest BCUT2D eigenvalue weighted by atomic mass is 9.90. The fourth-order valence-electron chi connectivity index (χ4n) is 3.57. The van der Waals surface area contributed by atoms with E-state index in [9.17, 15) is 25.1 Å². The molecule has 3 rings (SSSR count). The van der Waals surface area contributed by atoms with Crippen molar-refractivity contribution in [3.05, 3.63) is 74.9 Å². The third-order valence-corrected chi connectivity index (χ3v) is 5.22. The summed E-state index contributed by atoms with van der Waals surface area (Å²) in [5, 5.41) is 31.8. The minimum Gasteiger partial charge on any atom is -0.506 e. The van der Waals surface area contributed by atoms with Crippen molar-refractivity contribution in [1.29, 1.82) is 0 Å². The zero-order valence-corrected chi connectivity index (χ0v) is 17.4. The number of aliphatic hydroxyl groups excluding tert-OH is 1. The number of allylic oxidation sites excluding steroid dienone is 1. The molecule has 0 fully saturated rings. The van der Waals surface area contributed by atoms with Gasteiger partial charge in [0.25, 0.3) is 5.69 Å². The maximum atomic E-state index is 13.0. The van der Waals surface area contributed by atoms with Crippen molar-refractivity contribution >= 4 is 23.1 Å². The second-order valence-electron chi connectivity index (χ2n) is 7.29. The Hall–Kier alpha value is -3.49. The third-order valence-electron chi connectivity index (χ3n) is 5.22. The molecule has 0 radical (unpaired) electrons. The Morgan fingerprint density at radius 1 is 1.35 bits per heavy atom. The van der Waals surface area contributed by atoms with Crippen molar-refractivity contribution in [2.45, 2.75) is 13.0 Å². The number of phenols is 1. The number of hydrogen-bond donors (Lipinski definition) is 2. The summed E-state index contributed by atoms with van der Waals surface area (Å²) in [5.41, 5.74) is 2.16. The molecule has 8 nitrogen and oxygen atoms in total. The van der Waals surface area contributed by atoms with Gasteiger partial charge in [0.15, 0.2) is 5.78 Å². The number of nitro groups is 1. The number of aromatic hydroxyl groups is 1. The van der Waals surface area contributed by atoms with Crippen LogP contribution in [0.5, 0.6) is 11.5 Å². The molecule has 1 aliphatic rings. The molecular weight excluding hydrogens is 400 g/mol. The van der Waals surface area contributed by atoms with Gasteiger partial charge in [0.2, 0.25) is 0 Å². The van der Waals surface area contributed by atoms with Crippen LogP contribution >= 0.6 is 0 Å². The van der Waals surface area contributed by atoms with Crippen LogP contribution in [0.3, 0.4) is 0 Å². The molecule has 0 atom stereocenters. The van der Waals surface area contributed by atoms with Crippen molar-refractivity contribution in [3.8, 4) is 11.5 Å². The highest BCUT2D eigenvalue weighted by Crippen LogP contribution is 2.40. The van der Waals surface area contributed by atoms with E-state index >= 15 is 0 Å². The number of phenolic OH excluding ortho intramolecular Hbond substituents is 1. The van der Waals surface area contributed by atoms with Crippen molar-refractivity contribution < 1.29 is 24.7 Å². The molecule has 1 heterocycles. The number of carbonyl (C=O) groups is 1. The number of likely N-dealkylation sites (N-methyl/N-ethyl adjacent to an activating group) is 1. The van der Waals surface area contributed by atoms with Crippen LogP contribution in [-0.4, -0.2) is 53.1 Å². The normalized spacial score (nSPS) is 14.5. The maximum Gasteiger partial charge on any atom is 0.270 e. The van der Waals surface area contributed by atoms with E-state index in [1.165, 1.54) is 37.5 Å². The molecule has 0 bridgehead atoms. The Kier molecular flexibility index (Phi) is 6.84. The second kappa shape index (κ2) is 9.55. The lowest BCUT2D eigenvalue weighted by Gasteiger charge is -2.25. The van der Waals surface area contributed by atoms with Gasteiger partial charge < -0.3 is 19.8 Å². The molecule has 0 spiro atoms. The van der Waals surface area contributed by atoms with E-state index in [-0.39, 0.29) is 29.4 Å². The van der Waals surface area contributed by atoms with Crippen LogP contribution < -0.4 is 4.74 Å². The molecule has 2 aromatic carbocycles. The third kappa shape index (κ3) is 4.82. The first kappa shape index (κ1) is 22.2. The smallest absolute Gasteiger partial charge is 0.270 e. The largest absolute Gasteiger partial charge is 0.506 e. The molecule has 0 aromatic heterocycles. The number of ether oxygens (including phenoxy) is 1. The van der Waals surface area contributed by atoms with Crippen molar-refractivity contribution in [3.63, 3.8) is 0 Å². The van der Waals surface area contributed by atoms with Crippen LogP contribution in [0.1, 0.15) is 33.5 Å². The minimum absolute atomic E-state index is 0.0174. The molecule has 0 aliphatic carbocycles. The highest BCUT2D eigenvalue weighted by atomic mass is 16.6. The summed E-state index contributed by atoms with van der Waals surface area (Å²) in [6.45, 7) is 1.17. The molecular formula is C23H24N2O6. The van der Waals surface area contributed by atoms with E-state index in [0.29, 0.717) is 29.7 Å². The Bertz CT molecular complexity index is 1070. The van der Waals surface area contributed by atoms with Gasteiger partial charge >= 0.3 is 0 Å². The standard InChI is InChI=1S/C23H24N2O6/c1-24-10-8-16(9-11-24)21-17(14-26)13-20(31-2)22(23(21)28)19(27)7-6-15-4-3-5-18(12-15)25(29)30/h3-8,12-13,26,28H,9-11,14H2,1-2H3. The quantitative estimate of drug-likeness (QED) is 0.303. The molecule has 31 heavy (non-hydrogen) atoms. The summed E-state index contributed by atoms with van der Waals surface area (Å²) >= 11 is 0. The highest BCUT2D eigenvalue weighted by Gasteiger charge is 2.25. The highest BCUT2D eigenvalue weighted by molar-refractivity contribution is 6.11. The fraction of sp³-hybridized carbons (Fsp3) is 0.261. The number of nitrogens with zero attached hydrogens (tertiary/aromatic N) is 2. The van der Waals surface area contributed by atoms with E-state index in [4.69, 9.17) is 4.74 Å². The predicted octanol–water partition coefficient (Wildman–Crippen LogP) is 3.42. The van der Waals surface area contributed by atoms with Gasteiger partial charge in [-0.25, -0.2) is 0 Å². The lowest BCUT2D eigenvalue weighted by molar-refractivity contribution is -0.384. The Labute approximate surface area is 179 Å². The first-order valence-corrected chi connectivity index (χ1v) is 9.74. The minimum atomic E-state index is -0.514. The number of ketones is 1. The second-order valence-corrected chi connectivity index (χ2v) is 7.29. The fourth-order valence-corrected chi connectivity index (χ4v) is 3.57. The number of hydrogen-bond acceptors (Lipinski definition) is 7. The zero-order valence-electron chi connectivity index (χ0n) is 17.4. The molecule has 0 unspecified atom stereocenters. The van der Waals surface area contributed by atoms with E-state index < -0.39 is 10.7 Å². The monoisotopic (exact) mass is 424 g/mol. The topological polar surface area (TPSA) is 113 Å². The van der Waals surface area contributed by atoms with Gasteiger partial charge in [-0.3, -0.25) is 14.9 Å². The van der Waals surface area contributed by atoms with Gasteiger partial charge in [-0.05, 0) is 42.3 Å². The number of rotatable bonds is 7. The Morgan fingerprint density at radius 3 is 2.74 bits per heavy atom. The number of aliphatic hydroxyl groups is 1. The molecule has 0 saturated carbocycles. The van der Waals surface area contributed by atoms with Gasteiger partial charge in [-0.1, -0.05) is 24.3 Å². The van der Waals surface area contributed by atoms with Crippen molar-refractivity contribution in [2.24, 2.45) is 0 Å². The van der Waals surface area contributed by atoms with Crippen molar-refractivity contribution in [2.75, 3.05) is 27.2 Å². The van der Waals surface area contributed by atoms with Crippen LogP contribution in [0.4, 0.5) is 5.69 Å². The summed E-state index contributed by atoms with van der Waals surface area (Å²) in [4.78, 5) is 25.5. The summed E-state index contributed by atoms with van der Waals surface area (Å²) in [5.74, 6) is -0.611. The van der Waals surface area contributed by atoms with Crippen LogP contribution in [0.2, 0.25) is 0 Å². The first-order valence-electron chi connectivity index (χ1n) is 9.74.